The van der Waals surface area contributed by atoms with Gasteiger partial charge in [-0.2, -0.15) is 0 Å². The number of nitrogens with zero attached hydrogens (tertiary/aromatic N) is 1. The Balaban J connectivity index is 1.78. The van der Waals surface area contributed by atoms with Crippen molar-refractivity contribution in [1.82, 2.24) is 20.9 Å². The standard InChI is InChI=1S/C32H36Cl2N4O9S/c1-18-35-14-25(48-18)30(42)38-24(16-46-4)29(41)37-23(15-45-3)28(40)36-22(13-19-9-6-5-7-10-19)27(39)32(2,44)17-47-31(43)26-20(33)11-8-12-21(26)34/h5-12,14,22-24,44H,13,15-17H2,1-4H3,(H,36,40)(H,37,41)(H,38,42)/t22-,23-,24-,32+/m0/s1. The minimum Gasteiger partial charge on any atom is -0.458 e. The SMILES string of the molecule is COC[C@H](NC(=O)c1cnc(C)s1)C(=O)N[C@@H](COC)C(=O)N[C@@H](Cc1ccccc1)C(=O)[C@](C)(O)COC(=O)c1c(Cl)cccc1Cl. The minimum atomic E-state index is -2.28. The maximum Gasteiger partial charge on any atom is 0.341 e. The van der Waals surface area contributed by atoms with E-state index < -0.39 is 59.8 Å². The number of esters is 1. The number of nitrogens with one attached hydrogen (secondary N) is 3. The van der Waals surface area contributed by atoms with Crippen LogP contribution >= 0.6 is 34.5 Å². The number of aromatic nitrogens is 1. The molecule has 3 aromatic rings. The number of aryl methyl sites for hydroxylation is 1. The van der Waals surface area contributed by atoms with E-state index in [1.54, 1.807) is 37.3 Å². The van der Waals surface area contributed by atoms with Gasteiger partial charge in [-0.1, -0.05) is 59.6 Å². The molecule has 0 radical (unpaired) electrons. The van der Waals surface area contributed by atoms with E-state index in [1.807, 2.05) is 0 Å². The maximum absolute atomic E-state index is 13.7. The van der Waals surface area contributed by atoms with Crippen LogP contribution < -0.4 is 16.0 Å². The third kappa shape index (κ3) is 10.8. The first-order chi connectivity index (χ1) is 22.8. The summed E-state index contributed by atoms with van der Waals surface area (Å²) in [6.07, 6.45) is 1.32. The number of thiazole rings is 1. The Hall–Kier alpha value is -3.92. The average Bonchev–Trinajstić information content (AvgIpc) is 3.49. The first-order valence-corrected chi connectivity index (χ1v) is 16.1. The molecule has 13 nitrogen and oxygen atoms in total. The first-order valence-electron chi connectivity index (χ1n) is 14.5. The summed E-state index contributed by atoms with van der Waals surface area (Å²) in [6, 6.07) is 9.20. The lowest BCUT2D eigenvalue weighted by molar-refractivity contribution is -0.144. The molecule has 0 unspecified atom stereocenters. The van der Waals surface area contributed by atoms with Crippen molar-refractivity contribution in [2.24, 2.45) is 0 Å². The number of rotatable bonds is 17. The number of Topliss-reactive ketones (excluding diaryl/α,β-unsaturated/α-hetero) is 1. The van der Waals surface area contributed by atoms with Crippen LogP contribution in [0.5, 0.6) is 0 Å². The molecule has 0 aliphatic carbocycles. The van der Waals surface area contributed by atoms with Crippen LogP contribution in [0.3, 0.4) is 0 Å². The molecule has 0 fully saturated rings. The van der Waals surface area contributed by atoms with Gasteiger partial charge in [0.05, 0.1) is 46.1 Å². The quantitative estimate of drug-likeness (QED) is 0.151. The van der Waals surface area contributed by atoms with Crippen LogP contribution in [-0.4, -0.2) is 97.3 Å². The van der Waals surface area contributed by atoms with Crippen LogP contribution in [0, 0.1) is 6.92 Å². The number of methoxy groups -OCH3 is 2. The Kier molecular flexibility index (Phi) is 14.5. The predicted octanol–water partition coefficient (Wildman–Crippen LogP) is 2.54. The lowest BCUT2D eigenvalue weighted by atomic mass is 9.91. The van der Waals surface area contributed by atoms with Crippen LogP contribution in [0.15, 0.2) is 54.7 Å². The summed E-state index contributed by atoms with van der Waals surface area (Å²) in [5.41, 5.74) is -1.78. The molecule has 48 heavy (non-hydrogen) atoms. The Morgan fingerprint density at radius 3 is 1.98 bits per heavy atom. The van der Waals surface area contributed by atoms with Gasteiger partial charge in [-0.3, -0.25) is 19.2 Å². The third-order valence-electron chi connectivity index (χ3n) is 6.86. The normalized spacial score (nSPS) is 14.1. The van der Waals surface area contributed by atoms with Crippen LogP contribution in [0.2, 0.25) is 10.0 Å². The minimum absolute atomic E-state index is 0.0184. The van der Waals surface area contributed by atoms with Gasteiger partial charge in [0, 0.05) is 14.2 Å². The van der Waals surface area contributed by atoms with Crippen molar-refractivity contribution in [3.8, 4) is 0 Å². The lowest BCUT2D eigenvalue weighted by Gasteiger charge is -2.29. The summed E-state index contributed by atoms with van der Waals surface area (Å²) in [4.78, 5) is 70.3. The van der Waals surface area contributed by atoms with Gasteiger partial charge in [0.1, 0.15) is 23.6 Å². The maximum atomic E-state index is 13.7. The van der Waals surface area contributed by atoms with Gasteiger partial charge in [0.2, 0.25) is 11.8 Å². The van der Waals surface area contributed by atoms with Crippen molar-refractivity contribution in [1.29, 1.82) is 0 Å². The Morgan fingerprint density at radius 2 is 1.44 bits per heavy atom. The number of carbonyl (C=O) groups is 5. The Morgan fingerprint density at radius 1 is 0.875 bits per heavy atom. The van der Waals surface area contributed by atoms with E-state index in [4.69, 9.17) is 37.4 Å². The van der Waals surface area contributed by atoms with Gasteiger partial charge in [0.25, 0.3) is 5.91 Å². The molecule has 258 valence electrons. The molecular weight excluding hydrogens is 687 g/mol. The molecule has 3 amide bonds. The average molecular weight is 724 g/mol. The number of hydrogen-bond donors (Lipinski definition) is 4. The highest BCUT2D eigenvalue weighted by Crippen LogP contribution is 2.25. The molecule has 1 aromatic heterocycles. The van der Waals surface area contributed by atoms with Crippen molar-refractivity contribution in [2.75, 3.05) is 34.0 Å². The van der Waals surface area contributed by atoms with Gasteiger partial charge < -0.3 is 35.3 Å². The van der Waals surface area contributed by atoms with Gasteiger partial charge in [0.15, 0.2) is 11.4 Å². The number of hydrogen-bond acceptors (Lipinski definition) is 11. The fraction of sp³-hybridized carbons (Fsp3) is 0.375. The summed E-state index contributed by atoms with van der Waals surface area (Å²) >= 11 is 13.3. The summed E-state index contributed by atoms with van der Waals surface area (Å²) in [5.74, 6) is -3.99. The fourth-order valence-corrected chi connectivity index (χ4v) is 5.65. The van der Waals surface area contributed by atoms with Crippen LogP contribution in [0.4, 0.5) is 0 Å². The number of carbonyl (C=O) groups excluding carboxylic acids is 5. The molecule has 1 heterocycles. The molecule has 0 saturated heterocycles. The van der Waals surface area contributed by atoms with Crippen molar-refractivity contribution in [3.63, 3.8) is 0 Å². The predicted molar refractivity (Wildman–Crippen MR) is 178 cm³/mol. The molecule has 0 saturated carbocycles. The van der Waals surface area contributed by atoms with E-state index in [0.717, 1.165) is 18.3 Å². The molecule has 4 N–H and O–H groups in total. The van der Waals surface area contributed by atoms with Gasteiger partial charge in [-0.25, -0.2) is 9.78 Å². The molecule has 0 spiro atoms. The first kappa shape index (κ1) is 38.5. The number of ether oxygens (including phenoxy) is 3. The summed E-state index contributed by atoms with van der Waals surface area (Å²) in [6.45, 7) is 1.56. The second kappa shape index (κ2) is 18.0. The van der Waals surface area contributed by atoms with E-state index in [0.29, 0.717) is 10.6 Å². The molecule has 0 aliphatic rings. The van der Waals surface area contributed by atoms with Crippen LogP contribution in [0.1, 0.15) is 37.5 Å². The van der Waals surface area contributed by atoms with Gasteiger partial charge >= 0.3 is 5.97 Å². The van der Waals surface area contributed by atoms with E-state index in [1.165, 1.54) is 38.6 Å². The van der Waals surface area contributed by atoms with E-state index in [-0.39, 0.29) is 40.1 Å². The number of ketones is 1. The van der Waals surface area contributed by atoms with E-state index in [2.05, 4.69) is 20.9 Å². The van der Waals surface area contributed by atoms with Crippen molar-refractivity contribution in [2.45, 2.75) is 44.0 Å². The Labute approximate surface area is 291 Å². The number of halogens is 2. The molecule has 3 rings (SSSR count). The van der Waals surface area contributed by atoms with Crippen molar-refractivity contribution in [3.05, 3.63) is 85.8 Å². The zero-order valence-electron chi connectivity index (χ0n) is 26.6. The van der Waals surface area contributed by atoms with Gasteiger partial charge in [-0.05, 0) is 38.0 Å². The molecule has 4 atom stereocenters. The monoisotopic (exact) mass is 722 g/mol. The highest BCUT2D eigenvalue weighted by atomic mass is 35.5. The van der Waals surface area contributed by atoms with Crippen LogP contribution in [-0.2, 0) is 35.0 Å². The Bertz CT molecular complexity index is 1580. The number of benzene rings is 2. The van der Waals surface area contributed by atoms with Crippen molar-refractivity contribution < 1.29 is 43.3 Å². The molecular formula is C32H36Cl2N4O9S. The molecule has 0 bridgehead atoms. The smallest absolute Gasteiger partial charge is 0.341 e. The highest BCUT2D eigenvalue weighted by molar-refractivity contribution is 7.13. The summed E-state index contributed by atoms with van der Waals surface area (Å²) < 4.78 is 15.5. The van der Waals surface area contributed by atoms with E-state index >= 15 is 0 Å². The third-order valence-corrected chi connectivity index (χ3v) is 8.41. The molecule has 2 aromatic carbocycles. The number of amides is 3. The topological polar surface area (TPSA) is 182 Å². The second-order valence-corrected chi connectivity index (χ2v) is 12.9. The zero-order chi connectivity index (χ0) is 35.4. The number of aliphatic hydroxyl groups is 1. The molecule has 16 heteroatoms. The zero-order valence-corrected chi connectivity index (χ0v) is 28.9. The second-order valence-electron chi connectivity index (χ2n) is 10.8. The summed E-state index contributed by atoms with van der Waals surface area (Å²) in [5, 5.41) is 19.6. The molecule has 0 aliphatic heterocycles. The highest BCUT2D eigenvalue weighted by Gasteiger charge is 2.39. The van der Waals surface area contributed by atoms with Gasteiger partial charge in [-0.15, -0.1) is 11.3 Å². The lowest BCUT2D eigenvalue weighted by Crippen LogP contribution is -2.60. The summed E-state index contributed by atoms with van der Waals surface area (Å²) in [7, 11) is 2.65. The van der Waals surface area contributed by atoms with E-state index in [9.17, 15) is 29.1 Å². The van der Waals surface area contributed by atoms with Crippen LogP contribution in [0.25, 0.3) is 0 Å². The largest absolute Gasteiger partial charge is 0.458 e. The fourth-order valence-electron chi connectivity index (χ4n) is 4.42. The van der Waals surface area contributed by atoms with Crippen molar-refractivity contribution >= 4 is 64.0 Å².